The van der Waals surface area contributed by atoms with E-state index in [0.717, 1.165) is 0 Å². The summed E-state index contributed by atoms with van der Waals surface area (Å²) in [7, 11) is -4.19. The van der Waals surface area contributed by atoms with Gasteiger partial charge in [-0.05, 0) is 61.4 Å². The molecule has 0 aliphatic rings. The largest absolute Gasteiger partial charge is 0.508 e. The van der Waals surface area contributed by atoms with Crippen LogP contribution >= 0.6 is 0 Å². The van der Waals surface area contributed by atoms with Gasteiger partial charge in [-0.1, -0.05) is 0 Å². The molecule has 4 aromatic rings. The number of carboxylic acids is 1. The average Bonchev–Trinajstić information content (AvgIpc) is 2.79. The molecule has 0 radical (unpaired) electrons. The van der Waals surface area contributed by atoms with E-state index in [-0.39, 0.29) is 52.1 Å². The third kappa shape index (κ3) is 5.32. The van der Waals surface area contributed by atoms with Crippen LogP contribution in [0.25, 0.3) is 21.8 Å². The van der Waals surface area contributed by atoms with Crippen molar-refractivity contribution in [3.63, 3.8) is 0 Å². The number of esters is 1. The molecule has 4 N–H and O–H groups in total. The minimum Gasteiger partial charge on any atom is -0.508 e. The molecule has 0 saturated carbocycles. The zero-order valence-electron chi connectivity index (χ0n) is 19.9. The molecule has 37 heavy (non-hydrogen) atoms. The minimum absolute atomic E-state index is 0.0453. The Labute approximate surface area is 211 Å². The van der Waals surface area contributed by atoms with E-state index < -0.39 is 27.8 Å². The van der Waals surface area contributed by atoms with Gasteiger partial charge in [-0.15, -0.1) is 0 Å². The predicted octanol–water partition coefficient (Wildman–Crippen LogP) is 3.50. The Kier molecular flexibility index (Phi) is 6.76. The van der Waals surface area contributed by atoms with Crippen molar-refractivity contribution in [1.82, 2.24) is 0 Å². The Morgan fingerprint density at radius 2 is 1.41 bits per heavy atom. The van der Waals surface area contributed by atoms with Crippen LogP contribution in [0, 0.1) is 13.8 Å². The average molecular weight is 527 g/mol. The maximum atomic E-state index is 13.6. The van der Waals surface area contributed by atoms with Gasteiger partial charge < -0.3 is 20.1 Å². The second-order valence-corrected chi connectivity index (χ2v) is 10.3. The number of aromatic hydroxyl groups is 2. The second kappa shape index (κ2) is 9.68. The summed E-state index contributed by atoms with van der Waals surface area (Å²) in [5.41, 5.74) is 1.92. The lowest BCUT2D eigenvalue weighted by Gasteiger charge is -2.15. The number of nitrogens with zero attached hydrogens (tertiary/aromatic N) is 1. The monoisotopic (exact) mass is 526 g/mol. The van der Waals surface area contributed by atoms with Crippen LogP contribution in [0.1, 0.15) is 38.3 Å². The molecule has 11 heteroatoms. The van der Waals surface area contributed by atoms with Gasteiger partial charge in [-0.25, -0.2) is 9.59 Å². The zero-order valence-corrected chi connectivity index (χ0v) is 20.7. The molecule has 0 saturated heterocycles. The molecule has 0 spiro atoms. The first kappa shape index (κ1) is 25.9. The highest BCUT2D eigenvalue weighted by atomic mass is 32.2. The molecule has 0 amide bonds. The Balaban J connectivity index is 1.92. The maximum absolute atomic E-state index is 13.6. The molecule has 0 unspecified atom stereocenters. The number of rotatable bonds is 7. The molecule has 0 aliphatic carbocycles. The van der Waals surface area contributed by atoms with Gasteiger partial charge >= 0.3 is 11.9 Å². The normalized spacial score (nSPS) is 11.6. The van der Waals surface area contributed by atoms with E-state index in [4.69, 9.17) is 9.29 Å². The first-order chi connectivity index (χ1) is 17.4. The van der Waals surface area contributed by atoms with Crippen LogP contribution in [0.15, 0.2) is 48.5 Å². The number of pyridine rings is 1. The van der Waals surface area contributed by atoms with Gasteiger partial charge in [0.15, 0.2) is 6.54 Å². The first-order valence-electron chi connectivity index (χ1n) is 11.2. The summed E-state index contributed by atoms with van der Waals surface area (Å²) in [6.07, 6.45) is 0.0631. The van der Waals surface area contributed by atoms with Crippen LogP contribution in [0.5, 0.6) is 17.2 Å². The number of carboxylic acid groups (broad SMARTS) is 1. The lowest BCUT2D eigenvalue weighted by Crippen LogP contribution is -2.37. The van der Waals surface area contributed by atoms with Gasteiger partial charge in [0.25, 0.3) is 10.1 Å². The minimum atomic E-state index is -4.19. The van der Waals surface area contributed by atoms with E-state index >= 15 is 0 Å². The van der Waals surface area contributed by atoms with Gasteiger partial charge in [0.1, 0.15) is 17.2 Å². The maximum Gasteiger partial charge on any atom is 0.345 e. The zero-order chi connectivity index (χ0) is 27.1. The second-order valence-electron chi connectivity index (χ2n) is 8.70. The van der Waals surface area contributed by atoms with E-state index in [1.54, 1.807) is 30.5 Å². The molecule has 0 bridgehead atoms. The molecule has 192 valence electrons. The molecule has 10 nitrogen and oxygen atoms in total. The number of benzene rings is 3. The molecule has 4 rings (SSSR count). The van der Waals surface area contributed by atoms with E-state index in [1.807, 2.05) is 0 Å². The smallest absolute Gasteiger partial charge is 0.345 e. The Morgan fingerprint density at radius 3 is 1.86 bits per heavy atom. The Morgan fingerprint density at radius 1 is 0.892 bits per heavy atom. The summed E-state index contributed by atoms with van der Waals surface area (Å²) in [6.45, 7) is 3.38. The van der Waals surface area contributed by atoms with Gasteiger partial charge in [-0.3, -0.25) is 4.55 Å². The lowest BCUT2D eigenvalue weighted by molar-refractivity contribution is -0.645. The van der Waals surface area contributed by atoms with E-state index in [9.17, 15) is 33.3 Å². The van der Waals surface area contributed by atoms with Crippen molar-refractivity contribution >= 4 is 43.9 Å². The topological polar surface area (TPSA) is 162 Å². The number of ether oxygens (including phenoxy) is 1. The number of hydrogen-bond donors (Lipinski definition) is 4. The fourth-order valence-electron chi connectivity index (χ4n) is 4.44. The number of aromatic nitrogens is 1. The Bertz CT molecular complexity index is 1610. The molecular weight excluding hydrogens is 502 g/mol. The van der Waals surface area contributed by atoms with Crippen molar-refractivity contribution in [2.24, 2.45) is 0 Å². The van der Waals surface area contributed by atoms with E-state index in [2.05, 4.69) is 0 Å². The molecule has 3 aromatic carbocycles. The highest BCUT2D eigenvalue weighted by molar-refractivity contribution is 7.85. The number of phenolic OH excluding ortho intramolecular Hbond substituents is 2. The van der Waals surface area contributed by atoms with Gasteiger partial charge in [0.2, 0.25) is 11.0 Å². The van der Waals surface area contributed by atoms with Gasteiger partial charge in [0.05, 0.1) is 27.7 Å². The first-order valence-corrected chi connectivity index (χ1v) is 12.8. The molecule has 0 fully saturated rings. The van der Waals surface area contributed by atoms with Crippen LogP contribution in [0.3, 0.4) is 0 Å². The van der Waals surface area contributed by atoms with E-state index in [0.29, 0.717) is 22.2 Å². The standard InChI is InChI=1S/C26H23NO9S/c1-14-10-16(25(30)31)11-15(2)24(14)36-26(32)23-19-12-17(28)4-6-21(19)27(8-3-9-37(33,34)35)22-7-5-18(29)13-20(22)23/h4-7,10-13H,3,8-9H2,1-2H3,(H3-,28,29,30,31,32,33,34,35)/p+1. The van der Waals surface area contributed by atoms with Crippen molar-refractivity contribution in [2.75, 3.05) is 5.75 Å². The van der Waals surface area contributed by atoms with Crippen LogP contribution in [-0.2, 0) is 16.7 Å². The van der Waals surface area contributed by atoms with Crippen LogP contribution < -0.4 is 9.30 Å². The van der Waals surface area contributed by atoms with Crippen LogP contribution in [0.4, 0.5) is 0 Å². The predicted molar refractivity (Wildman–Crippen MR) is 134 cm³/mol. The summed E-state index contributed by atoms with van der Waals surface area (Å²) in [5, 5.41) is 30.3. The highest BCUT2D eigenvalue weighted by Crippen LogP contribution is 2.32. The molecular formula is C26H24NO9S+. The van der Waals surface area contributed by atoms with Crippen molar-refractivity contribution in [1.29, 1.82) is 0 Å². The van der Waals surface area contributed by atoms with Crippen LogP contribution in [0.2, 0.25) is 0 Å². The number of phenols is 2. The quantitative estimate of drug-likeness (QED) is 0.0928. The lowest BCUT2D eigenvalue weighted by atomic mass is 10.0. The summed E-state index contributed by atoms with van der Waals surface area (Å²) in [6, 6.07) is 11.5. The number of aryl methyl sites for hydroxylation is 3. The summed E-state index contributed by atoms with van der Waals surface area (Å²) in [5.74, 6) is -2.48. The van der Waals surface area contributed by atoms with Crippen molar-refractivity contribution in [3.8, 4) is 17.2 Å². The number of hydrogen-bond acceptors (Lipinski definition) is 7. The summed E-state index contributed by atoms with van der Waals surface area (Å²) < 4.78 is 39.1. The van der Waals surface area contributed by atoms with E-state index in [1.165, 1.54) is 36.4 Å². The Hall–Kier alpha value is -4.22. The summed E-state index contributed by atoms with van der Waals surface area (Å²) >= 11 is 0. The number of carbonyl (C=O) groups excluding carboxylic acids is 1. The molecule has 0 atom stereocenters. The van der Waals surface area contributed by atoms with Crippen molar-refractivity contribution in [2.45, 2.75) is 26.8 Å². The number of aromatic carboxylic acids is 1. The highest BCUT2D eigenvalue weighted by Gasteiger charge is 2.27. The van der Waals surface area contributed by atoms with Gasteiger partial charge in [0, 0.05) is 18.6 Å². The molecule has 1 aromatic heterocycles. The number of fused-ring (bicyclic) bond motifs is 2. The number of carbonyl (C=O) groups is 2. The summed E-state index contributed by atoms with van der Waals surface area (Å²) in [4.78, 5) is 25.0. The van der Waals surface area contributed by atoms with Crippen molar-refractivity contribution < 1.29 is 47.2 Å². The van der Waals surface area contributed by atoms with Crippen LogP contribution in [-0.4, -0.2) is 46.0 Å². The fraction of sp³-hybridized carbons (Fsp3) is 0.192. The molecule has 0 aliphatic heterocycles. The molecule has 1 heterocycles. The van der Waals surface area contributed by atoms with Crippen molar-refractivity contribution in [3.05, 3.63) is 70.8 Å². The SMILES string of the molecule is Cc1cc(C(=O)O)cc(C)c1OC(=O)c1c2cc(O)ccc2[n+](CCCS(=O)(=O)O)c2ccc(O)cc12. The third-order valence-electron chi connectivity index (χ3n) is 5.97. The van der Waals surface area contributed by atoms with Gasteiger partial charge in [-0.2, -0.15) is 13.0 Å². The fourth-order valence-corrected chi connectivity index (χ4v) is 4.93. The third-order valence-corrected chi connectivity index (χ3v) is 6.78.